The SMILES string of the molecule is Cc1ccc(F)cc1C1C(N)CCCN1C(C)C. The van der Waals surface area contributed by atoms with Crippen molar-refractivity contribution in [2.75, 3.05) is 6.54 Å². The first-order chi connectivity index (χ1) is 8.50. The molecule has 0 amide bonds. The summed E-state index contributed by atoms with van der Waals surface area (Å²) in [5.74, 6) is -0.169. The first-order valence-corrected chi connectivity index (χ1v) is 6.78. The Labute approximate surface area is 109 Å². The van der Waals surface area contributed by atoms with Crippen LogP contribution >= 0.6 is 0 Å². The second-order valence-electron chi connectivity index (χ2n) is 5.58. The molecule has 2 N–H and O–H groups in total. The minimum Gasteiger partial charge on any atom is -0.326 e. The van der Waals surface area contributed by atoms with E-state index in [-0.39, 0.29) is 17.9 Å². The van der Waals surface area contributed by atoms with Crippen LogP contribution in [0.5, 0.6) is 0 Å². The Morgan fingerprint density at radius 3 is 2.78 bits per heavy atom. The van der Waals surface area contributed by atoms with Gasteiger partial charge in [-0.1, -0.05) is 6.07 Å². The molecule has 1 aromatic carbocycles. The number of halogens is 1. The van der Waals surface area contributed by atoms with Crippen molar-refractivity contribution < 1.29 is 4.39 Å². The van der Waals surface area contributed by atoms with E-state index < -0.39 is 0 Å². The van der Waals surface area contributed by atoms with Crippen LogP contribution in [0.15, 0.2) is 18.2 Å². The molecular formula is C15H23FN2. The number of nitrogens with two attached hydrogens (primary N) is 1. The smallest absolute Gasteiger partial charge is 0.123 e. The molecule has 2 nitrogen and oxygen atoms in total. The second kappa shape index (κ2) is 5.37. The average molecular weight is 250 g/mol. The molecule has 3 heteroatoms. The van der Waals surface area contributed by atoms with Crippen molar-refractivity contribution >= 4 is 0 Å². The van der Waals surface area contributed by atoms with Gasteiger partial charge in [-0.25, -0.2) is 4.39 Å². The van der Waals surface area contributed by atoms with Crippen LogP contribution in [0.3, 0.4) is 0 Å². The van der Waals surface area contributed by atoms with Crippen LogP contribution in [-0.4, -0.2) is 23.5 Å². The van der Waals surface area contributed by atoms with Crippen LogP contribution in [-0.2, 0) is 0 Å². The van der Waals surface area contributed by atoms with Gasteiger partial charge < -0.3 is 5.73 Å². The molecule has 0 bridgehead atoms. The average Bonchev–Trinajstić information content (AvgIpc) is 2.32. The molecule has 0 spiro atoms. The summed E-state index contributed by atoms with van der Waals surface area (Å²) in [6, 6.07) is 5.71. The first-order valence-electron chi connectivity index (χ1n) is 6.78. The maximum Gasteiger partial charge on any atom is 0.123 e. The molecular weight excluding hydrogens is 227 g/mol. The van der Waals surface area contributed by atoms with E-state index in [1.165, 1.54) is 6.07 Å². The zero-order valence-corrected chi connectivity index (χ0v) is 11.5. The molecule has 1 fully saturated rings. The molecule has 0 radical (unpaired) electrons. The summed E-state index contributed by atoms with van der Waals surface area (Å²) in [5, 5.41) is 0. The van der Waals surface area contributed by atoms with E-state index in [2.05, 4.69) is 18.7 Å². The van der Waals surface area contributed by atoms with Gasteiger partial charge in [0.25, 0.3) is 0 Å². The zero-order valence-electron chi connectivity index (χ0n) is 11.5. The van der Waals surface area contributed by atoms with Crippen LogP contribution in [0.25, 0.3) is 0 Å². The molecule has 1 aromatic rings. The molecule has 0 saturated carbocycles. The molecule has 0 aliphatic carbocycles. The van der Waals surface area contributed by atoms with Crippen molar-refractivity contribution in [2.45, 2.75) is 51.7 Å². The lowest BCUT2D eigenvalue weighted by Gasteiger charge is -2.43. The van der Waals surface area contributed by atoms with E-state index in [1.54, 1.807) is 6.07 Å². The molecule has 18 heavy (non-hydrogen) atoms. The van der Waals surface area contributed by atoms with Crippen molar-refractivity contribution in [2.24, 2.45) is 5.73 Å². The topological polar surface area (TPSA) is 29.3 Å². The minimum atomic E-state index is -0.169. The molecule has 1 aliphatic heterocycles. The summed E-state index contributed by atoms with van der Waals surface area (Å²) < 4.78 is 13.5. The number of rotatable bonds is 2. The Morgan fingerprint density at radius 1 is 1.39 bits per heavy atom. The predicted molar refractivity (Wildman–Crippen MR) is 72.9 cm³/mol. The molecule has 1 heterocycles. The van der Waals surface area contributed by atoms with E-state index >= 15 is 0 Å². The number of hydrogen-bond acceptors (Lipinski definition) is 2. The van der Waals surface area contributed by atoms with Gasteiger partial charge in [-0.3, -0.25) is 4.90 Å². The number of aryl methyl sites for hydroxylation is 1. The highest BCUT2D eigenvalue weighted by atomic mass is 19.1. The van der Waals surface area contributed by atoms with Crippen molar-refractivity contribution in [3.63, 3.8) is 0 Å². The fraction of sp³-hybridized carbons (Fsp3) is 0.600. The quantitative estimate of drug-likeness (QED) is 0.874. The Balaban J connectivity index is 2.40. The fourth-order valence-corrected chi connectivity index (χ4v) is 2.97. The molecule has 100 valence electrons. The number of piperidine rings is 1. The Kier molecular flexibility index (Phi) is 4.03. The van der Waals surface area contributed by atoms with Gasteiger partial charge >= 0.3 is 0 Å². The summed E-state index contributed by atoms with van der Waals surface area (Å²) >= 11 is 0. The van der Waals surface area contributed by atoms with E-state index in [4.69, 9.17) is 5.73 Å². The highest BCUT2D eigenvalue weighted by molar-refractivity contribution is 5.31. The highest BCUT2D eigenvalue weighted by Gasteiger charge is 2.32. The summed E-state index contributed by atoms with van der Waals surface area (Å²) in [7, 11) is 0. The number of nitrogens with zero attached hydrogens (tertiary/aromatic N) is 1. The third kappa shape index (κ3) is 2.57. The maximum atomic E-state index is 13.5. The summed E-state index contributed by atoms with van der Waals surface area (Å²) in [6.07, 6.45) is 2.15. The lowest BCUT2D eigenvalue weighted by atomic mass is 9.87. The zero-order chi connectivity index (χ0) is 13.3. The van der Waals surface area contributed by atoms with Crippen LogP contribution in [0, 0.1) is 12.7 Å². The normalized spacial score (nSPS) is 25.7. The highest BCUT2D eigenvalue weighted by Crippen LogP contribution is 2.33. The minimum absolute atomic E-state index is 0.0987. The van der Waals surface area contributed by atoms with Gasteiger partial charge in [0.15, 0.2) is 0 Å². The third-order valence-corrected chi connectivity index (χ3v) is 3.94. The van der Waals surface area contributed by atoms with Gasteiger partial charge in [0.05, 0.1) is 6.04 Å². The molecule has 0 aromatic heterocycles. The van der Waals surface area contributed by atoms with Crippen molar-refractivity contribution in [1.29, 1.82) is 0 Å². The monoisotopic (exact) mass is 250 g/mol. The third-order valence-electron chi connectivity index (χ3n) is 3.94. The molecule has 2 unspecified atom stereocenters. The molecule has 1 aliphatic rings. The number of hydrogen-bond donors (Lipinski definition) is 1. The van der Waals surface area contributed by atoms with Crippen LogP contribution < -0.4 is 5.73 Å². The van der Waals surface area contributed by atoms with Crippen molar-refractivity contribution in [3.8, 4) is 0 Å². The number of benzene rings is 1. The first kappa shape index (κ1) is 13.5. The Hall–Kier alpha value is -0.930. The standard InChI is InChI=1S/C15H23FN2/c1-10(2)18-8-4-5-14(17)15(18)13-9-12(16)7-6-11(13)3/h6-7,9-10,14-15H,4-5,8,17H2,1-3H3. The maximum absolute atomic E-state index is 13.5. The second-order valence-corrected chi connectivity index (χ2v) is 5.58. The van der Waals surface area contributed by atoms with Gasteiger partial charge in [0, 0.05) is 12.1 Å². The molecule has 1 saturated heterocycles. The Bertz CT molecular complexity index is 417. The largest absolute Gasteiger partial charge is 0.326 e. The number of likely N-dealkylation sites (tertiary alicyclic amines) is 1. The van der Waals surface area contributed by atoms with E-state index in [9.17, 15) is 4.39 Å². The van der Waals surface area contributed by atoms with Crippen LogP contribution in [0.2, 0.25) is 0 Å². The summed E-state index contributed by atoms with van der Waals surface area (Å²) in [4.78, 5) is 2.40. The van der Waals surface area contributed by atoms with E-state index in [1.807, 2.05) is 13.0 Å². The van der Waals surface area contributed by atoms with Gasteiger partial charge in [0.2, 0.25) is 0 Å². The van der Waals surface area contributed by atoms with E-state index in [0.29, 0.717) is 6.04 Å². The van der Waals surface area contributed by atoms with Gasteiger partial charge in [-0.15, -0.1) is 0 Å². The Morgan fingerprint density at radius 2 is 2.11 bits per heavy atom. The predicted octanol–water partition coefficient (Wildman–Crippen LogP) is 3.01. The summed E-state index contributed by atoms with van der Waals surface area (Å²) in [6.45, 7) is 7.44. The molecule has 2 atom stereocenters. The van der Waals surface area contributed by atoms with Gasteiger partial charge in [0.1, 0.15) is 5.82 Å². The fourth-order valence-electron chi connectivity index (χ4n) is 2.97. The van der Waals surface area contributed by atoms with Gasteiger partial charge in [-0.2, -0.15) is 0 Å². The van der Waals surface area contributed by atoms with E-state index in [0.717, 1.165) is 30.5 Å². The van der Waals surface area contributed by atoms with Gasteiger partial charge in [-0.05, 0) is 63.4 Å². The van der Waals surface area contributed by atoms with Crippen molar-refractivity contribution in [3.05, 3.63) is 35.1 Å². The van der Waals surface area contributed by atoms with Crippen LogP contribution in [0.4, 0.5) is 4.39 Å². The van der Waals surface area contributed by atoms with Crippen LogP contribution in [0.1, 0.15) is 43.9 Å². The van der Waals surface area contributed by atoms with Crippen molar-refractivity contribution in [1.82, 2.24) is 4.90 Å². The molecule has 2 rings (SSSR count). The lowest BCUT2D eigenvalue weighted by molar-refractivity contribution is 0.0941. The summed E-state index contributed by atoms with van der Waals surface area (Å²) in [5.41, 5.74) is 8.47. The lowest BCUT2D eigenvalue weighted by Crippen LogP contribution is -2.48.